The smallest absolute Gasteiger partial charge is 0.315 e. The number of nitrogens with zero attached hydrogens (tertiary/aromatic N) is 5. The number of fused-ring (bicyclic) bond motifs is 13. The number of aliphatic hydroxyl groups is 2. The van der Waals surface area contributed by atoms with Crippen LogP contribution in [-0.2, 0) is 28.6 Å². The molecule has 1 spiro atoms. The van der Waals surface area contributed by atoms with E-state index in [-0.39, 0.29) is 55.6 Å². The summed E-state index contributed by atoms with van der Waals surface area (Å²) in [6, 6.07) is 0. The number of phenolic OH excluding ortho intramolecular Hbond substituents is 2. The van der Waals surface area contributed by atoms with Crippen LogP contribution in [0.3, 0.4) is 0 Å². The summed E-state index contributed by atoms with van der Waals surface area (Å²) in [5.41, 5.74) is -0.209. The number of aromatic hydroxyl groups is 2. The van der Waals surface area contributed by atoms with Crippen LogP contribution in [-0.4, -0.2) is 154 Å². The molecule has 1 saturated carbocycles. The zero-order valence-electron chi connectivity index (χ0n) is 46.3. The molecule has 6 aliphatic heterocycles. The highest BCUT2D eigenvalue weighted by Gasteiger charge is 2.51. The van der Waals surface area contributed by atoms with E-state index in [0.717, 1.165) is 26.2 Å². The molecule has 7 aliphatic rings. The number of methoxy groups -OCH3 is 1. The van der Waals surface area contributed by atoms with Crippen molar-refractivity contribution in [3.63, 3.8) is 0 Å². The third kappa shape index (κ3) is 11.6. The van der Waals surface area contributed by atoms with Crippen LogP contribution in [0.4, 0.5) is 5.69 Å². The minimum absolute atomic E-state index is 0.0334. The topological polar surface area (TPSA) is 233 Å². The van der Waals surface area contributed by atoms with Crippen LogP contribution in [0.2, 0.25) is 0 Å². The molecule has 5 bridgehead atoms. The standard InChI is InChI=1S/C58H82N6O12/c1-32(2)30-62-22-20-58(21-23-62)60-46-43-44-51(69)38(8)54-45(43)55(71)57(9,76-54)74-28-19-40(73-10)35(5)53(75-42(66)29-41(65)64-26-24-63(25-27-64)31-39-17-12-11-13-18-39)37(7)50(68)36(6)49(67)33(3)15-14-16-34(4)56(72)59-48(52(44)70)47(46)61-58/h14-16,19,28,32-33,35-37,39-40,49-50,53,60,67-70H,11-13,17-18,20-27,29-31H2,1-10H3/b15-14+,28-19+,34-16-,59-48?/t33-,35+,36+,37+,40-,49-,50+,53+,57-/m0/s1. The molecule has 0 unspecified atom stereocenters. The molecule has 416 valence electrons. The van der Waals surface area contributed by atoms with Crippen LogP contribution in [0.25, 0.3) is 10.8 Å². The molecule has 3 fully saturated rings. The summed E-state index contributed by atoms with van der Waals surface area (Å²) in [4.78, 5) is 72.7. The normalized spacial score (nSPS) is 31.5. The zero-order chi connectivity index (χ0) is 55.0. The van der Waals surface area contributed by atoms with E-state index in [2.05, 4.69) is 34.0 Å². The Morgan fingerprint density at radius 2 is 1.55 bits per heavy atom. The average Bonchev–Trinajstić information content (AvgIpc) is 3.90. The summed E-state index contributed by atoms with van der Waals surface area (Å²) in [6.07, 6.45) is 10.3. The molecule has 2 aromatic rings. The predicted molar refractivity (Wildman–Crippen MR) is 286 cm³/mol. The summed E-state index contributed by atoms with van der Waals surface area (Å²) in [5, 5.41) is 51.6. The molecule has 9 rings (SSSR count). The van der Waals surface area contributed by atoms with Gasteiger partial charge in [-0.2, -0.15) is 0 Å². The Bertz CT molecular complexity index is 2750. The van der Waals surface area contributed by atoms with Crippen molar-refractivity contribution >= 4 is 40.0 Å². The Hall–Kier alpha value is -5.40. The number of carbonyl (C=O) groups is 4. The van der Waals surface area contributed by atoms with Gasteiger partial charge in [0.05, 0.1) is 41.2 Å². The Morgan fingerprint density at radius 3 is 2.21 bits per heavy atom. The van der Waals surface area contributed by atoms with Crippen molar-refractivity contribution in [2.24, 2.45) is 45.5 Å². The van der Waals surface area contributed by atoms with E-state index >= 15 is 0 Å². The van der Waals surface area contributed by atoms with Crippen LogP contribution in [0, 0.1) is 42.4 Å². The quantitative estimate of drug-likeness (QED) is 0.119. The molecular weight excluding hydrogens is 973 g/mol. The number of benzene rings is 2. The van der Waals surface area contributed by atoms with Crippen molar-refractivity contribution in [3.8, 4) is 17.2 Å². The number of phenols is 2. The zero-order valence-corrected chi connectivity index (χ0v) is 46.3. The Balaban J connectivity index is 1.13. The number of allylic oxidation sites excluding steroid dienone is 2. The third-order valence-electron chi connectivity index (χ3n) is 17.1. The van der Waals surface area contributed by atoms with Gasteiger partial charge < -0.3 is 54.5 Å². The summed E-state index contributed by atoms with van der Waals surface area (Å²) >= 11 is 0. The van der Waals surface area contributed by atoms with Crippen molar-refractivity contribution in [2.45, 2.75) is 150 Å². The van der Waals surface area contributed by atoms with E-state index in [1.807, 2.05) is 0 Å². The highest BCUT2D eigenvalue weighted by molar-refractivity contribution is 6.21. The maximum atomic E-state index is 15.0. The summed E-state index contributed by atoms with van der Waals surface area (Å²) < 4.78 is 24.8. The fourth-order valence-corrected chi connectivity index (χ4v) is 12.4. The molecular formula is C58H82N6O12. The van der Waals surface area contributed by atoms with Gasteiger partial charge in [-0.05, 0) is 44.6 Å². The minimum Gasteiger partial charge on any atom is -0.507 e. The second-order valence-corrected chi connectivity index (χ2v) is 23.2. The summed E-state index contributed by atoms with van der Waals surface area (Å²) in [6.45, 7) is 21.7. The molecule has 2 aromatic carbocycles. The number of ketones is 1. The van der Waals surface area contributed by atoms with Crippen LogP contribution in [0.5, 0.6) is 17.2 Å². The first-order valence-corrected chi connectivity index (χ1v) is 27.7. The second-order valence-electron chi connectivity index (χ2n) is 23.2. The van der Waals surface area contributed by atoms with E-state index in [0.29, 0.717) is 56.5 Å². The number of piperazine rings is 1. The first-order chi connectivity index (χ1) is 36.1. The van der Waals surface area contributed by atoms with E-state index in [1.54, 1.807) is 64.7 Å². The lowest BCUT2D eigenvalue weighted by atomic mass is 9.78. The Morgan fingerprint density at radius 1 is 0.868 bits per heavy atom. The number of rotatable bonds is 8. The van der Waals surface area contributed by atoms with Gasteiger partial charge in [0.2, 0.25) is 5.91 Å². The molecule has 6 heterocycles. The van der Waals surface area contributed by atoms with Crippen molar-refractivity contribution in [3.05, 3.63) is 58.0 Å². The fraction of sp³-hybridized carbons (Fsp3) is 0.655. The molecule has 18 heteroatoms. The second kappa shape index (κ2) is 23.3. The lowest BCUT2D eigenvalue weighted by Gasteiger charge is -2.38. The van der Waals surface area contributed by atoms with Gasteiger partial charge in [-0.25, -0.2) is 4.99 Å². The molecule has 2 saturated heterocycles. The van der Waals surface area contributed by atoms with Gasteiger partial charge in [0.15, 0.2) is 5.75 Å². The molecule has 2 amide bonds. The number of piperidine rings is 1. The van der Waals surface area contributed by atoms with Crippen molar-refractivity contribution in [2.75, 3.05) is 64.8 Å². The van der Waals surface area contributed by atoms with Crippen LogP contribution in [0.1, 0.15) is 123 Å². The number of Topliss-reactive ketones (excluding diaryl/α,β-unsaturated/α-hetero) is 1. The van der Waals surface area contributed by atoms with Crippen molar-refractivity contribution < 1.29 is 58.6 Å². The highest BCUT2D eigenvalue weighted by atomic mass is 16.7. The number of anilines is 1. The predicted octanol–water partition coefficient (Wildman–Crippen LogP) is 5.84. The van der Waals surface area contributed by atoms with Gasteiger partial charge in [-0.1, -0.05) is 79.0 Å². The lowest BCUT2D eigenvalue weighted by molar-refractivity contribution is -0.165. The molecule has 18 nitrogen and oxygen atoms in total. The largest absolute Gasteiger partial charge is 0.507 e. The van der Waals surface area contributed by atoms with Gasteiger partial charge in [-0.15, -0.1) is 0 Å². The number of esters is 1. The number of carbonyl (C=O) groups excluding carboxylic acids is 4. The number of hydrogen-bond acceptors (Lipinski definition) is 16. The van der Waals surface area contributed by atoms with Crippen LogP contribution < -0.4 is 20.8 Å². The number of aliphatic hydroxyl groups excluding tert-OH is 2. The molecule has 76 heavy (non-hydrogen) atoms. The van der Waals surface area contributed by atoms with E-state index in [1.165, 1.54) is 58.5 Å². The Kier molecular flexibility index (Phi) is 17.4. The van der Waals surface area contributed by atoms with Crippen LogP contribution >= 0.6 is 0 Å². The Labute approximate surface area is 446 Å². The first-order valence-electron chi connectivity index (χ1n) is 27.7. The van der Waals surface area contributed by atoms with E-state index in [4.69, 9.17) is 23.9 Å². The van der Waals surface area contributed by atoms with Crippen molar-refractivity contribution in [1.29, 1.82) is 0 Å². The van der Waals surface area contributed by atoms with Gasteiger partial charge in [-0.3, -0.25) is 29.1 Å². The van der Waals surface area contributed by atoms with Gasteiger partial charge in [0.1, 0.15) is 40.4 Å². The van der Waals surface area contributed by atoms with E-state index in [9.17, 15) is 39.6 Å². The SMILES string of the molecule is CO[C@H]1/C=C/O[C@@]2(C)Oc3c(C)c(O)c4c(O)c(c5c(c4c3C2=O)NC2(CCN(CC(C)C)CC2)N=5)=NC(=O)/C(C)=C\C=C\[C@H](C)[C@H](O)[C@@H](C)[C@@H](O)[C@@H](C)[C@H](OC(=O)CC(=O)N2CCN(CC3CCCCC3)CC2)[C@@H]1C. The number of ether oxygens (including phenoxy) is 4. The fourth-order valence-electron chi connectivity index (χ4n) is 12.4. The molecule has 9 atom stereocenters. The van der Waals surface area contributed by atoms with Crippen molar-refractivity contribution in [1.82, 2.24) is 14.7 Å². The highest BCUT2D eigenvalue weighted by Crippen LogP contribution is 2.51. The maximum Gasteiger partial charge on any atom is 0.315 e. The first kappa shape index (κ1) is 56.8. The number of nitrogens with one attached hydrogen (secondary N) is 1. The third-order valence-corrected chi connectivity index (χ3v) is 17.1. The lowest BCUT2D eigenvalue weighted by Crippen LogP contribution is -2.50. The number of likely N-dealkylation sites (tertiary alicyclic amines) is 1. The summed E-state index contributed by atoms with van der Waals surface area (Å²) in [5.74, 6) is -7.01. The number of hydrogen-bond donors (Lipinski definition) is 5. The molecule has 0 aromatic heterocycles. The van der Waals surface area contributed by atoms with E-state index < -0.39 is 89.4 Å². The number of amides is 2. The maximum absolute atomic E-state index is 15.0. The monoisotopic (exact) mass is 1050 g/mol. The molecule has 5 N–H and O–H groups in total. The molecule has 0 radical (unpaired) electrons. The van der Waals surface area contributed by atoms with Gasteiger partial charge >= 0.3 is 11.8 Å². The van der Waals surface area contributed by atoms with Gasteiger partial charge in [0, 0.05) is 119 Å². The van der Waals surface area contributed by atoms with Gasteiger partial charge in [0.25, 0.3) is 11.7 Å². The molecule has 1 aliphatic carbocycles. The van der Waals surface area contributed by atoms with Crippen LogP contribution in [0.15, 0.2) is 46.1 Å². The summed E-state index contributed by atoms with van der Waals surface area (Å²) in [7, 11) is 1.46. The average molecular weight is 1060 g/mol. The minimum atomic E-state index is -2.01.